The molecule has 0 saturated carbocycles. The Balaban J connectivity index is 0. The van der Waals surface area contributed by atoms with Crippen LogP contribution >= 0.6 is 7.92 Å². The normalized spacial score (nSPS) is 11.0. The van der Waals surface area contributed by atoms with Crippen molar-refractivity contribution in [1.29, 1.82) is 0 Å². The van der Waals surface area contributed by atoms with Gasteiger partial charge in [0, 0.05) is 0 Å². The molecule has 0 bridgehead atoms. The second-order valence-corrected chi connectivity index (χ2v) is 9.34. The van der Waals surface area contributed by atoms with E-state index < -0.39 is 0 Å². The molecule has 0 atom stereocenters. The summed E-state index contributed by atoms with van der Waals surface area (Å²) in [5.41, 5.74) is 3.88. The van der Waals surface area contributed by atoms with E-state index >= 15 is 0 Å². The molecular weight excluding hydrogens is 294 g/mol. The average molecular weight is 322 g/mol. The van der Waals surface area contributed by atoms with Gasteiger partial charge >= 0.3 is 43.2 Å². The minimum atomic E-state index is 0.262. The van der Waals surface area contributed by atoms with Gasteiger partial charge in [0.05, 0.1) is 0 Å². The third-order valence-corrected chi connectivity index (χ3v) is 6.50. The fourth-order valence-corrected chi connectivity index (χ4v) is 5.37. The summed E-state index contributed by atoms with van der Waals surface area (Å²) in [7, 11) is 0.262. The van der Waals surface area contributed by atoms with Gasteiger partial charge in [0.1, 0.15) is 0 Å². The molecule has 0 fully saturated rings. The fraction of sp³-hybridized carbons (Fsp3) is 0.846. The maximum absolute atomic E-state index is 3.64. The first-order valence-corrected chi connectivity index (χ1v) is 8.32. The maximum Gasteiger partial charge on any atom is -0.0261 e. The van der Waals surface area contributed by atoms with E-state index in [-0.39, 0.29) is 7.92 Å². The van der Waals surface area contributed by atoms with Gasteiger partial charge in [-0.15, -0.1) is 0 Å². The van der Waals surface area contributed by atoms with Crippen molar-refractivity contribution in [2.45, 2.75) is 70.3 Å². The van der Waals surface area contributed by atoms with E-state index in [0.717, 1.165) is 21.9 Å². The molecule has 95 valence electrons. The molecular formula is C13H28PPd. The Morgan fingerprint density at radius 1 is 1.00 bits per heavy atom. The molecule has 15 heavy (non-hydrogen) atoms. The van der Waals surface area contributed by atoms with Crippen LogP contribution in [0.4, 0.5) is 0 Å². The van der Waals surface area contributed by atoms with Crippen LogP contribution in [-0.4, -0.2) is 17.0 Å². The van der Waals surface area contributed by atoms with E-state index in [4.69, 9.17) is 0 Å². The standard InChI is InChI=1S/C9H21P.C4H7.Pd/c1-7(2)10(8(3)4)9(5)6;1-4(2)3;/h7-9H,1-6H3;1-2H2,3H3;. The van der Waals surface area contributed by atoms with Crippen molar-refractivity contribution < 1.29 is 19.2 Å². The van der Waals surface area contributed by atoms with E-state index in [9.17, 15) is 0 Å². The summed E-state index contributed by atoms with van der Waals surface area (Å²) in [5, 5.41) is 0. The summed E-state index contributed by atoms with van der Waals surface area (Å²) in [6.07, 6.45) is 0. The van der Waals surface area contributed by atoms with Gasteiger partial charge in [-0.3, -0.25) is 0 Å². The fourth-order valence-electron chi connectivity index (χ4n) is 1.79. The van der Waals surface area contributed by atoms with E-state index in [1.54, 1.807) is 0 Å². The van der Waals surface area contributed by atoms with E-state index in [1.165, 1.54) is 5.57 Å². The summed E-state index contributed by atoms with van der Waals surface area (Å²) in [5.74, 6) is 0. The first kappa shape index (κ1) is 18.2. The first-order valence-electron chi connectivity index (χ1n) is 5.67. The molecule has 0 N–H and O–H groups in total. The van der Waals surface area contributed by atoms with Gasteiger partial charge in [0.25, 0.3) is 0 Å². The largest absolute Gasteiger partial charge is 0.0988 e. The van der Waals surface area contributed by atoms with Crippen LogP contribution < -0.4 is 0 Å². The van der Waals surface area contributed by atoms with E-state index in [2.05, 4.69) is 67.3 Å². The van der Waals surface area contributed by atoms with Gasteiger partial charge in [-0.05, 0) is 17.0 Å². The molecule has 0 aromatic carbocycles. The smallest absolute Gasteiger partial charge is 0.0261 e. The third kappa shape index (κ3) is 11.1. The summed E-state index contributed by atoms with van der Waals surface area (Å²) >= 11 is 2.99. The average Bonchev–Trinajstić information content (AvgIpc) is 2.02. The van der Waals surface area contributed by atoms with Gasteiger partial charge in [0.2, 0.25) is 0 Å². The Bertz CT molecular complexity index is 143. The second-order valence-electron chi connectivity index (χ2n) is 4.80. The van der Waals surface area contributed by atoms with Crippen molar-refractivity contribution in [3.05, 3.63) is 12.2 Å². The van der Waals surface area contributed by atoms with Crippen LogP contribution in [0.5, 0.6) is 0 Å². The third-order valence-electron chi connectivity index (χ3n) is 1.98. The van der Waals surface area contributed by atoms with Gasteiger partial charge < -0.3 is 0 Å². The van der Waals surface area contributed by atoms with Crippen LogP contribution in [0.2, 0.25) is 4.89 Å². The van der Waals surface area contributed by atoms with E-state index in [0.29, 0.717) is 0 Å². The number of hydrogen-bond donors (Lipinski definition) is 0. The minimum Gasteiger partial charge on any atom is -0.0988 e. The number of rotatable bonds is 4. The molecule has 0 saturated heterocycles. The van der Waals surface area contributed by atoms with Crippen molar-refractivity contribution in [3.8, 4) is 0 Å². The Morgan fingerprint density at radius 3 is 1.20 bits per heavy atom. The molecule has 0 aromatic rings. The summed E-state index contributed by atoms with van der Waals surface area (Å²) in [6, 6.07) is 0. The summed E-state index contributed by atoms with van der Waals surface area (Å²) < 4.78 is 0. The van der Waals surface area contributed by atoms with Gasteiger partial charge in [-0.25, -0.2) is 0 Å². The topological polar surface area (TPSA) is 0 Å². The monoisotopic (exact) mass is 321 g/mol. The van der Waals surface area contributed by atoms with Crippen molar-refractivity contribution >= 4 is 7.92 Å². The Morgan fingerprint density at radius 2 is 1.20 bits per heavy atom. The second kappa shape index (κ2) is 10.0. The molecule has 0 unspecified atom stereocenters. The van der Waals surface area contributed by atoms with Crippen LogP contribution in [-0.2, 0) is 19.2 Å². The molecule has 0 amide bonds. The summed E-state index contributed by atoms with van der Waals surface area (Å²) in [4.78, 5) is 0.961. The molecule has 0 aliphatic carbocycles. The van der Waals surface area contributed by atoms with Crippen molar-refractivity contribution in [3.63, 3.8) is 0 Å². The molecule has 0 aromatic heterocycles. The van der Waals surface area contributed by atoms with Crippen molar-refractivity contribution in [1.82, 2.24) is 0 Å². The minimum absolute atomic E-state index is 0.262. The quantitative estimate of drug-likeness (QED) is 0.378. The molecule has 0 rings (SSSR count). The van der Waals surface area contributed by atoms with Gasteiger partial charge in [-0.2, -0.15) is 0 Å². The zero-order chi connectivity index (χ0) is 12.6. The van der Waals surface area contributed by atoms with E-state index in [1.807, 2.05) is 6.92 Å². The first-order chi connectivity index (χ1) is 6.73. The predicted molar refractivity (Wildman–Crippen MR) is 71.9 cm³/mol. The zero-order valence-corrected chi connectivity index (χ0v) is 13.9. The van der Waals surface area contributed by atoms with Gasteiger partial charge in [-0.1, -0.05) is 49.5 Å². The van der Waals surface area contributed by atoms with Crippen LogP contribution in [0.15, 0.2) is 12.2 Å². The van der Waals surface area contributed by atoms with Crippen LogP contribution in [0.3, 0.4) is 0 Å². The zero-order valence-electron chi connectivity index (χ0n) is 11.4. The van der Waals surface area contributed by atoms with Crippen LogP contribution in [0, 0.1) is 0 Å². The van der Waals surface area contributed by atoms with Crippen LogP contribution in [0.1, 0.15) is 48.5 Å². The van der Waals surface area contributed by atoms with Crippen molar-refractivity contribution in [2.24, 2.45) is 0 Å². The predicted octanol–water partition coefficient (Wildman–Crippen LogP) is 5.22. The number of hydrogen-bond acceptors (Lipinski definition) is 0. The van der Waals surface area contributed by atoms with Crippen LogP contribution in [0.25, 0.3) is 0 Å². The van der Waals surface area contributed by atoms with Crippen molar-refractivity contribution in [2.75, 3.05) is 0 Å². The molecule has 0 aliphatic heterocycles. The van der Waals surface area contributed by atoms with Gasteiger partial charge in [0.15, 0.2) is 0 Å². The Kier molecular flexibility index (Phi) is 12.2. The molecule has 0 spiro atoms. The number of allylic oxidation sites excluding steroid dienone is 1. The molecule has 0 heterocycles. The molecule has 2 heteroatoms. The Hall–Kier alpha value is 0.832. The maximum atomic E-state index is 3.64. The molecule has 0 aliphatic rings. The molecule has 0 nitrogen and oxygen atoms in total. The molecule has 0 radical (unpaired) electrons. The Labute approximate surface area is 109 Å². The SMILES string of the molecule is C=C(C)[CH2][Pd].CC(C)P(C(C)C)C(C)C. The summed E-state index contributed by atoms with van der Waals surface area (Å²) in [6.45, 7) is 19.7.